The molecule has 9 nitrogen and oxygen atoms in total. The first-order valence-corrected chi connectivity index (χ1v) is 9.97. The van der Waals surface area contributed by atoms with Crippen molar-refractivity contribution in [3.63, 3.8) is 0 Å². The van der Waals surface area contributed by atoms with Gasteiger partial charge in [-0.3, -0.25) is 4.79 Å². The summed E-state index contributed by atoms with van der Waals surface area (Å²) in [5.41, 5.74) is 0.157. The van der Waals surface area contributed by atoms with Crippen molar-refractivity contribution in [1.82, 2.24) is 30.2 Å². The number of nitrogens with zero attached hydrogens (tertiary/aromatic N) is 6. The van der Waals surface area contributed by atoms with Gasteiger partial charge in [0.2, 0.25) is 5.91 Å². The molecule has 0 saturated heterocycles. The normalized spacial score (nSPS) is 11.4. The van der Waals surface area contributed by atoms with Gasteiger partial charge in [0.1, 0.15) is 17.3 Å². The first-order chi connectivity index (χ1) is 15.6. The molecule has 0 unspecified atom stereocenters. The topological polar surface area (TPSA) is 109 Å². The van der Waals surface area contributed by atoms with Crippen molar-refractivity contribution in [2.45, 2.75) is 12.6 Å². The summed E-state index contributed by atoms with van der Waals surface area (Å²) in [6, 6.07) is 7.08. The van der Waals surface area contributed by atoms with E-state index in [4.69, 9.17) is 4.74 Å². The minimum absolute atomic E-state index is 0.0234. The SMILES string of the molecule is CN(C)C(=O)CNCCCOc1ccc(-c2cc3c(nnn3C)c(C#N)n2)cc1C(F)(F)F. The number of nitriles is 1. The van der Waals surface area contributed by atoms with E-state index in [1.807, 2.05) is 6.07 Å². The second kappa shape index (κ2) is 9.83. The van der Waals surface area contributed by atoms with Gasteiger partial charge in [0, 0.05) is 26.7 Å². The Hall–Kier alpha value is -3.72. The number of benzene rings is 1. The molecule has 2 heterocycles. The predicted octanol–water partition coefficient (Wildman–Crippen LogP) is 2.37. The van der Waals surface area contributed by atoms with Gasteiger partial charge in [-0.05, 0) is 37.2 Å². The first-order valence-electron chi connectivity index (χ1n) is 9.97. The molecular formula is C21H22F3N7O2. The van der Waals surface area contributed by atoms with Gasteiger partial charge in [-0.2, -0.15) is 18.4 Å². The highest BCUT2D eigenvalue weighted by atomic mass is 19.4. The van der Waals surface area contributed by atoms with Crippen LogP contribution >= 0.6 is 0 Å². The summed E-state index contributed by atoms with van der Waals surface area (Å²) in [5.74, 6) is -0.404. The Bertz CT molecular complexity index is 1200. The number of amides is 1. The van der Waals surface area contributed by atoms with Crippen molar-refractivity contribution in [3.05, 3.63) is 35.5 Å². The van der Waals surface area contributed by atoms with Gasteiger partial charge in [-0.1, -0.05) is 5.21 Å². The number of fused-ring (bicyclic) bond motifs is 1. The maximum Gasteiger partial charge on any atom is 0.419 e. The van der Waals surface area contributed by atoms with E-state index >= 15 is 0 Å². The van der Waals surface area contributed by atoms with Crippen LogP contribution in [0.2, 0.25) is 0 Å². The van der Waals surface area contributed by atoms with Crippen LogP contribution in [0.3, 0.4) is 0 Å². The average Bonchev–Trinajstić information content (AvgIpc) is 3.15. The summed E-state index contributed by atoms with van der Waals surface area (Å²) in [6.07, 6.45) is -4.24. The summed E-state index contributed by atoms with van der Waals surface area (Å²) in [4.78, 5) is 17.1. The fourth-order valence-corrected chi connectivity index (χ4v) is 3.03. The fourth-order valence-electron chi connectivity index (χ4n) is 3.03. The van der Waals surface area contributed by atoms with Crippen LogP contribution in [0.15, 0.2) is 24.3 Å². The molecule has 0 atom stereocenters. The second-order valence-corrected chi connectivity index (χ2v) is 7.42. The summed E-state index contributed by atoms with van der Waals surface area (Å²) in [6.45, 7) is 0.595. The van der Waals surface area contributed by atoms with Crippen LogP contribution in [0.25, 0.3) is 22.3 Å². The molecule has 33 heavy (non-hydrogen) atoms. The summed E-state index contributed by atoms with van der Waals surface area (Å²) >= 11 is 0. The van der Waals surface area contributed by atoms with E-state index in [0.717, 1.165) is 6.07 Å². The Morgan fingerprint density at radius 1 is 1.30 bits per heavy atom. The number of carbonyl (C=O) groups is 1. The molecule has 0 aliphatic heterocycles. The lowest BCUT2D eigenvalue weighted by Crippen LogP contribution is -2.33. The van der Waals surface area contributed by atoms with Crippen LogP contribution in [0.1, 0.15) is 17.7 Å². The molecule has 0 bridgehead atoms. The molecule has 0 radical (unpaired) electrons. The van der Waals surface area contributed by atoms with Crippen LogP contribution in [0, 0.1) is 11.3 Å². The number of aromatic nitrogens is 4. The monoisotopic (exact) mass is 461 g/mol. The fraction of sp³-hybridized carbons (Fsp3) is 0.381. The maximum atomic E-state index is 13.7. The van der Waals surface area contributed by atoms with Crippen molar-refractivity contribution >= 4 is 16.9 Å². The van der Waals surface area contributed by atoms with Crippen molar-refractivity contribution in [1.29, 1.82) is 5.26 Å². The van der Waals surface area contributed by atoms with Crippen LogP contribution in [-0.2, 0) is 18.0 Å². The summed E-state index contributed by atoms with van der Waals surface area (Å²) < 4.78 is 48.0. The molecule has 1 amide bonds. The van der Waals surface area contributed by atoms with Gasteiger partial charge in [0.05, 0.1) is 29.9 Å². The number of likely N-dealkylation sites (N-methyl/N-ethyl adjacent to an activating group) is 1. The number of pyridine rings is 1. The third-order valence-electron chi connectivity index (χ3n) is 4.82. The quantitative estimate of drug-likeness (QED) is 0.513. The smallest absolute Gasteiger partial charge is 0.419 e. The largest absolute Gasteiger partial charge is 0.493 e. The molecule has 174 valence electrons. The zero-order chi connectivity index (χ0) is 24.2. The zero-order valence-electron chi connectivity index (χ0n) is 18.3. The van der Waals surface area contributed by atoms with Gasteiger partial charge in [-0.25, -0.2) is 9.67 Å². The van der Waals surface area contributed by atoms with Gasteiger partial charge in [-0.15, -0.1) is 5.10 Å². The number of hydrogen-bond acceptors (Lipinski definition) is 7. The van der Waals surface area contributed by atoms with E-state index in [2.05, 4.69) is 20.6 Å². The minimum atomic E-state index is -4.65. The van der Waals surface area contributed by atoms with Crippen LogP contribution < -0.4 is 10.1 Å². The molecule has 0 aliphatic rings. The Morgan fingerprint density at radius 3 is 2.73 bits per heavy atom. The highest BCUT2D eigenvalue weighted by Gasteiger charge is 2.35. The number of nitrogens with one attached hydrogen (secondary N) is 1. The Labute approximate surface area is 187 Å². The first kappa shape index (κ1) is 23.9. The van der Waals surface area contributed by atoms with Crippen molar-refractivity contribution in [2.24, 2.45) is 7.05 Å². The molecule has 0 spiro atoms. The standard InChI is InChI=1S/C21H22F3N7O2/c1-30(2)19(32)12-26-7-4-8-33-18-6-5-13(9-14(18)21(22,23)24)15-10-17-20(16(11-25)27-15)28-29-31(17)3/h5-6,9-10,26H,4,7-8,12H2,1-3H3. The van der Waals surface area contributed by atoms with E-state index in [1.165, 1.54) is 27.8 Å². The van der Waals surface area contributed by atoms with Crippen molar-refractivity contribution in [2.75, 3.05) is 33.8 Å². The minimum Gasteiger partial charge on any atom is -0.493 e. The van der Waals surface area contributed by atoms with Crippen LogP contribution in [0.5, 0.6) is 5.75 Å². The van der Waals surface area contributed by atoms with Gasteiger partial charge in [0.25, 0.3) is 0 Å². The predicted molar refractivity (Wildman–Crippen MR) is 113 cm³/mol. The van der Waals surface area contributed by atoms with E-state index in [1.54, 1.807) is 21.1 Å². The second-order valence-electron chi connectivity index (χ2n) is 7.42. The number of ether oxygens (including phenoxy) is 1. The molecule has 3 aromatic rings. The van der Waals surface area contributed by atoms with Gasteiger partial charge >= 0.3 is 6.18 Å². The number of aryl methyl sites for hydroxylation is 1. The van der Waals surface area contributed by atoms with Crippen LogP contribution in [0.4, 0.5) is 13.2 Å². The van der Waals surface area contributed by atoms with Crippen molar-refractivity contribution < 1.29 is 22.7 Å². The molecule has 2 aromatic heterocycles. The molecule has 1 aromatic carbocycles. The lowest BCUT2D eigenvalue weighted by atomic mass is 10.1. The third kappa shape index (κ3) is 5.56. The van der Waals surface area contributed by atoms with E-state index in [0.29, 0.717) is 18.5 Å². The maximum absolute atomic E-state index is 13.7. The van der Waals surface area contributed by atoms with Crippen LogP contribution in [-0.4, -0.2) is 64.6 Å². The van der Waals surface area contributed by atoms with E-state index in [-0.39, 0.29) is 47.3 Å². The Balaban J connectivity index is 1.78. The van der Waals surface area contributed by atoms with Crippen molar-refractivity contribution in [3.8, 4) is 23.1 Å². The molecule has 12 heteroatoms. The molecule has 0 aliphatic carbocycles. The highest BCUT2D eigenvalue weighted by Crippen LogP contribution is 2.39. The molecule has 0 fully saturated rings. The van der Waals surface area contributed by atoms with E-state index in [9.17, 15) is 23.2 Å². The third-order valence-corrected chi connectivity index (χ3v) is 4.82. The molecule has 3 rings (SSSR count). The summed E-state index contributed by atoms with van der Waals surface area (Å²) in [5, 5.41) is 20.0. The van der Waals surface area contributed by atoms with E-state index < -0.39 is 11.7 Å². The number of hydrogen-bond donors (Lipinski definition) is 1. The van der Waals surface area contributed by atoms with Gasteiger partial charge < -0.3 is 15.0 Å². The Morgan fingerprint density at radius 2 is 2.06 bits per heavy atom. The lowest BCUT2D eigenvalue weighted by Gasteiger charge is -2.16. The molecule has 0 saturated carbocycles. The van der Waals surface area contributed by atoms with Gasteiger partial charge in [0.15, 0.2) is 5.69 Å². The average molecular weight is 461 g/mol. The number of halogens is 3. The number of carbonyl (C=O) groups excluding carboxylic acids is 1. The zero-order valence-corrected chi connectivity index (χ0v) is 18.3. The number of rotatable bonds is 8. The highest BCUT2D eigenvalue weighted by molar-refractivity contribution is 5.83. The summed E-state index contributed by atoms with van der Waals surface area (Å²) in [7, 11) is 4.89. The number of alkyl halides is 3. The lowest BCUT2D eigenvalue weighted by molar-refractivity contribution is -0.139. The molecular weight excluding hydrogens is 439 g/mol. The Kier molecular flexibility index (Phi) is 7.13. The molecule has 1 N–H and O–H groups in total.